The number of aryl methyl sites for hydroxylation is 1. The fraction of sp³-hybridized carbons (Fsp3) is 0.571. The summed E-state index contributed by atoms with van der Waals surface area (Å²) in [5, 5.41) is 0. The maximum Gasteiger partial charge on any atom is 0.240 e. The van der Waals surface area contributed by atoms with Crippen LogP contribution < -0.4 is 4.72 Å². The highest BCUT2D eigenvalue weighted by molar-refractivity contribution is 7.89. The summed E-state index contributed by atoms with van der Waals surface area (Å²) in [6.07, 6.45) is 2.86. The summed E-state index contributed by atoms with van der Waals surface area (Å²) in [5.74, 6) is 0.874. The Morgan fingerprint density at radius 1 is 1.32 bits per heavy atom. The summed E-state index contributed by atoms with van der Waals surface area (Å²) < 4.78 is 27.0. The van der Waals surface area contributed by atoms with Gasteiger partial charge in [-0.25, -0.2) is 13.1 Å². The Morgan fingerprint density at radius 2 is 2.05 bits per heavy atom. The van der Waals surface area contributed by atoms with Crippen LogP contribution in [-0.2, 0) is 10.0 Å². The van der Waals surface area contributed by atoms with Crippen molar-refractivity contribution in [2.45, 2.75) is 38.0 Å². The molecule has 5 heteroatoms. The highest BCUT2D eigenvalue weighted by atomic mass is 35.5. The maximum atomic E-state index is 12.2. The van der Waals surface area contributed by atoms with E-state index in [9.17, 15) is 8.42 Å². The third kappa shape index (κ3) is 5.51. The molecule has 108 valence electrons. The quantitative estimate of drug-likeness (QED) is 0.749. The van der Waals surface area contributed by atoms with E-state index in [2.05, 4.69) is 11.6 Å². The average Bonchev–Trinajstić information content (AvgIpc) is 2.37. The first-order valence-electron chi connectivity index (χ1n) is 6.62. The molecule has 1 atom stereocenters. The first kappa shape index (κ1) is 16.5. The summed E-state index contributed by atoms with van der Waals surface area (Å²) in [6, 6.07) is 6.93. The lowest BCUT2D eigenvalue weighted by atomic mass is 10.0. The second kappa shape index (κ2) is 7.88. The van der Waals surface area contributed by atoms with E-state index in [4.69, 9.17) is 11.6 Å². The molecule has 0 aliphatic carbocycles. The summed E-state index contributed by atoms with van der Waals surface area (Å²) >= 11 is 5.74. The first-order valence-corrected chi connectivity index (χ1v) is 8.63. The van der Waals surface area contributed by atoms with Gasteiger partial charge in [0.05, 0.1) is 4.90 Å². The minimum Gasteiger partial charge on any atom is -0.211 e. The van der Waals surface area contributed by atoms with E-state index in [1.807, 2.05) is 13.0 Å². The van der Waals surface area contributed by atoms with E-state index < -0.39 is 10.0 Å². The van der Waals surface area contributed by atoms with Crippen LogP contribution in [0.4, 0.5) is 0 Å². The smallest absolute Gasteiger partial charge is 0.211 e. The molecule has 0 amide bonds. The Hall–Kier alpha value is -0.580. The van der Waals surface area contributed by atoms with Crippen LogP contribution in [0.15, 0.2) is 29.2 Å². The number of nitrogens with one attached hydrogen (secondary N) is 1. The molecule has 0 aromatic heterocycles. The third-order valence-electron chi connectivity index (χ3n) is 3.08. The molecule has 0 fully saturated rings. The van der Waals surface area contributed by atoms with Gasteiger partial charge in [0.15, 0.2) is 0 Å². The van der Waals surface area contributed by atoms with Gasteiger partial charge < -0.3 is 0 Å². The van der Waals surface area contributed by atoms with Crippen molar-refractivity contribution in [3.8, 4) is 0 Å². The SMILES string of the molecule is CCCC(CCCl)CNS(=O)(=O)c1cccc(C)c1. The Morgan fingerprint density at radius 3 is 2.63 bits per heavy atom. The lowest BCUT2D eigenvalue weighted by Crippen LogP contribution is -2.29. The van der Waals surface area contributed by atoms with Crippen LogP contribution in [0.3, 0.4) is 0 Å². The summed E-state index contributed by atoms with van der Waals surface area (Å²) in [7, 11) is -3.41. The average molecular weight is 304 g/mol. The largest absolute Gasteiger partial charge is 0.240 e. The fourth-order valence-electron chi connectivity index (χ4n) is 2.00. The van der Waals surface area contributed by atoms with Crippen LogP contribution in [-0.4, -0.2) is 20.8 Å². The van der Waals surface area contributed by atoms with E-state index in [1.165, 1.54) is 0 Å². The molecule has 0 radical (unpaired) electrons. The predicted molar refractivity (Wildman–Crippen MR) is 80.1 cm³/mol. The van der Waals surface area contributed by atoms with Crippen LogP contribution in [0.5, 0.6) is 0 Å². The molecule has 1 unspecified atom stereocenters. The minimum atomic E-state index is -3.41. The van der Waals surface area contributed by atoms with Crippen molar-refractivity contribution in [3.63, 3.8) is 0 Å². The molecule has 0 heterocycles. The van der Waals surface area contributed by atoms with Crippen LogP contribution >= 0.6 is 11.6 Å². The molecule has 0 saturated carbocycles. The lowest BCUT2D eigenvalue weighted by molar-refractivity contribution is 0.457. The zero-order valence-electron chi connectivity index (χ0n) is 11.5. The van der Waals surface area contributed by atoms with Crippen molar-refractivity contribution >= 4 is 21.6 Å². The number of hydrogen-bond donors (Lipinski definition) is 1. The molecular formula is C14H22ClNO2S. The van der Waals surface area contributed by atoms with Gasteiger partial charge >= 0.3 is 0 Å². The van der Waals surface area contributed by atoms with Gasteiger partial charge in [-0.3, -0.25) is 0 Å². The molecule has 0 bridgehead atoms. The topological polar surface area (TPSA) is 46.2 Å². The molecule has 1 aromatic carbocycles. The van der Waals surface area contributed by atoms with Crippen LogP contribution in [0.2, 0.25) is 0 Å². The second-order valence-electron chi connectivity index (χ2n) is 4.80. The molecular weight excluding hydrogens is 282 g/mol. The van der Waals surface area contributed by atoms with E-state index in [1.54, 1.807) is 18.2 Å². The monoisotopic (exact) mass is 303 g/mol. The highest BCUT2D eigenvalue weighted by Gasteiger charge is 2.16. The molecule has 1 N–H and O–H groups in total. The first-order chi connectivity index (χ1) is 8.99. The van der Waals surface area contributed by atoms with Gasteiger partial charge in [0, 0.05) is 12.4 Å². The Bertz CT molecular complexity index is 482. The van der Waals surface area contributed by atoms with Crippen LogP contribution in [0.1, 0.15) is 31.7 Å². The van der Waals surface area contributed by atoms with E-state index in [-0.39, 0.29) is 0 Å². The number of alkyl halides is 1. The van der Waals surface area contributed by atoms with Crippen molar-refractivity contribution in [1.82, 2.24) is 4.72 Å². The zero-order chi connectivity index (χ0) is 14.3. The van der Waals surface area contributed by atoms with Crippen molar-refractivity contribution < 1.29 is 8.42 Å². The molecule has 0 saturated heterocycles. The third-order valence-corrected chi connectivity index (χ3v) is 4.72. The number of rotatable bonds is 8. The van der Waals surface area contributed by atoms with Crippen molar-refractivity contribution in [3.05, 3.63) is 29.8 Å². The molecule has 3 nitrogen and oxygen atoms in total. The Labute approximate surface area is 121 Å². The molecule has 1 aromatic rings. The standard InChI is InChI=1S/C14H22ClNO2S/c1-3-5-13(8-9-15)11-16-19(17,18)14-7-4-6-12(2)10-14/h4,6-7,10,13,16H,3,5,8-9,11H2,1-2H3. The van der Waals surface area contributed by atoms with E-state index >= 15 is 0 Å². The summed E-state index contributed by atoms with van der Waals surface area (Å²) in [4.78, 5) is 0.327. The van der Waals surface area contributed by atoms with Gasteiger partial charge in [-0.05, 0) is 43.4 Å². The Kier molecular flexibility index (Phi) is 6.83. The van der Waals surface area contributed by atoms with E-state index in [0.717, 1.165) is 24.8 Å². The molecule has 19 heavy (non-hydrogen) atoms. The number of hydrogen-bond acceptors (Lipinski definition) is 2. The van der Waals surface area contributed by atoms with Gasteiger partial charge in [0.1, 0.15) is 0 Å². The number of benzene rings is 1. The van der Waals surface area contributed by atoms with Gasteiger partial charge in [-0.15, -0.1) is 11.6 Å². The van der Waals surface area contributed by atoms with Crippen LogP contribution in [0.25, 0.3) is 0 Å². The van der Waals surface area contributed by atoms with Gasteiger partial charge in [0.2, 0.25) is 10.0 Å². The second-order valence-corrected chi connectivity index (χ2v) is 6.95. The predicted octanol–water partition coefficient (Wildman–Crippen LogP) is 3.32. The van der Waals surface area contributed by atoms with Crippen LogP contribution in [0, 0.1) is 12.8 Å². The van der Waals surface area contributed by atoms with Gasteiger partial charge in [-0.1, -0.05) is 25.5 Å². The molecule has 0 aliphatic rings. The summed E-state index contributed by atoms with van der Waals surface area (Å²) in [5.41, 5.74) is 0.939. The maximum absolute atomic E-state index is 12.2. The molecule has 0 aliphatic heterocycles. The van der Waals surface area contributed by atoms with Crippen molar-refractivity contribution in [1.29, 1.82) is 0 Å². The van der Waals surface area contributed by atoms with Crippen molar-refractivity contribution in [2.75, 3.05) is 12.4 Å². The molecule has 0 spiro atoms. The van der Waals surface area contributed by atoms with Gasteiger partial charge in [-0.2, -0.15) is 0 Å². The Balaban J connectivity index is 2.69. The highest BCUT2D eigenvalue weighted by Crippen LogP contribution is 2.14. The van der Waals surface area contributed by atoms with Crippen molar-refractivity contribution in [2.24, 2.45) is 5.92 Å². The van der Waals surface area contributed by atoms with Gasteiger partial charge in [0.25, 0.3) is 0 Å². The molecule has 1 rings (SSSR count). The fourth-order valence-corrected chi connectivity index (χ4v) is 3.53. The zero-order valence-corrected chi connectivity index (χ0v) is 13.1. The summed E-state index contributed by atoms with van der Waals surface area (Å²) in [6.45, 7) is 4.43. The minimum absolute atomic E-state index is 0.307. The normalized spacial score (nSPS) is 13.4. The number of halogens is 1. The number of sulfonamides is 1. The lowest BCUT2D eigenvalue weighted by Gasteiger charge is -2.15. The van der Waals surface area contributed by atoms with E-state index in [0.29, 0.717) is 23.2 Å².